The van der Waals surface area contributed by atoms with Crippen LogP contribution in [0.3, 0.4) is 0 Å². The molecule has 0 saturated carbocycles. The average Bonchev–Trinajstić information content (AvgIpc) is 3.29. The van der Waals surface area contributed by atoms with Gasteiger partial charge >= 0.3 is 11.7 Å². The molecule has 37 heavy (non-hydrogen) atoms. The van der Waals surface area contributed by atoms with Crippen molar-refractivity contribution in [3.63, 3.8) is 0 Å². The van der Waals surface area contributed by atoms with E-state index in [0.29, 0.717) is 16.3 Å². The van der Waals surface area contributed by atoms with Crippen molar-refractivity contribution in [2.75, 3.05) is 25.5 Å². The number of fused-ring (bicyclic) bond motifs is 2. The van der Waals surface area contributed by atoms with E-state index in [1.54, 1.807) is 18.2 Å². The first-order chi connectivity index (χ1) is 17.9. The third-order valence-electron chi connectivity index (χ3n) is 6.43. The molecule has 1 saturated heterocycles. The molecule has 10 nitrogen and oxygen atoms in total. The van der Waals surface area contributed by atoms with Gasteiger partial charge in [-0.1, -0.05) is 36.5 Å². The highest BCUT2D eigenvalue weighted by Gasteiger charge is 2.18. The fourth-order valence-electron chi connectivity index (χ4n) is 4.35. The van der Waals surface area contributed by atoms with Crippen LogP contribution in [0, 0.1) is 5.92 Å². The highest BCUT2D eigenvalue weighted by molar-refractivity contribution is 7.22. The van der Waals surface area contributed by atoms with E-state index in [1.165, 1.54) is 42.9 Å². The predicted octanol–water partition coefficient (Wildman–Crippen LogP) is 4.11. The zero-order valence-corrected chi connectivity index (χ0v) is 21.3. The van der Waals surface area contributed by atoms with Crippen LogP contribution in [0.5, 0.6) is 5.75 Å². The maximum Gasteiger partial charge on any atom is 0.349 e. The number of aromatic nitrogens is 1. The van der Waals surface area contributed by atoms with Crippen molar-refractivity contribution < 1.29 is 18.7 Å². The van der Waals surface area contributed by atoms with Gasteiger partial charge in [-0.3, -0.25) is 20.4 Å². The monoisotopic (exact) mass is 521 g/mol. The summed E-state index contributed by atoms with van der Waals surface area (Å²) in [5, 5.41) is 3.52. The topological polar surface area (TPSA) is 126 Å². The summed E-state index contributed by atoms with van der Waals surface area (Å²) in [4.78, 5) is 44.1. The number of hydrogen-bond donors (Lipinski definition) is 3. The zero-order chi connectivity index (χ0) is 25.9. The lowest BCUT2D eigenvalue weighted by molar-refractivity contribution is 0.0934. The molecule has 3 amide bonds. The average molecular weight is 522 g/mol. The number of benzene rings is 2. The molecule has 11 heteroatoms. The number of piperidine rings is 1. The second-order valence-electron chi connectivity index (χ2n) is 9.14. The predicted molar refractivity (Wildman–Crippen MR) is 142 cm³/mol. The number of thiazole rings is 1. The number of nitrogens with zero attached hydrogens (tertiary/aromatic N) is 2. The van der Waals surface area contributed by atoms with Crippen LogP contribution in [0.1, 0.15) is 35.7 Å². The van der Waals surface area contributed by atoms with E-state index in [4.69, 9.17) is 9.15 Å². The van der Waals surface area contributed by atoms with Crippen LogP contribution < -0.4 is 26.5 Å². The van der Waals surface area contributed by atoms with E-state index < -0.39 is 17.6 Å². The fraction of sp³-hybridized carbons (Fsp3) is 0.308. The second kappa shape index (κ2) is 10.6. The Morgan fingerprint density at radius 3 is 2.76 bits per heavy atom. The maximum atomic E-state index is 12.5. The third-order valence-corrected chi connectivity index (χ3v) is 7.37. The lowest BCUT2D eigenvalue weighted by atomic mass is 9.99. The molecule has 2 aromatic carbocycles. The van der Waals surface area contributed by atoms with E-state index in [2.05, 4.69) is 45.1 Å². The minimum Gasteiger partial charge on any atom is -0.493 e. The fourth-order valence-corrected chi connectivity index (χ4v) is 5.27. The van der Waals surface area contributed by atoms with Gasteiger partial charge in [0.15, 0.2) is 16.5 Å². The number of para-hydroxylation sites is 1. The van der Waals surface area contributed by atoms with Gasteiger partial charge in [-0.15, -0.1) is 0 Å². The van der Waals surface area contributed by atoms with E-state index in [0.717, 1.165) is 35.8 Å². The number of amides is 3. The Morgan fingerprint density at radius 1 is 1.16 bits per heavy atom. The van der Waals surface area contributed by atoms with Crippen LogP contribution in [0.4, 0.5) is 9.93 Å². The summed E-state index contributed by atoms with van der Waals surface area (Å²) in [6, 6.07) is 11.9. The van der Waals surface area contributed by atoms with Crippen LogP contribution in [0.15, 0.2) is 51.7 Å². The van der Waals surface area contributed by atoms with Crippen molar-refractivity contribution in [2.45, 2.75) is 26.3 Å². The molecule has 3 heterocycles. The van der Waals surface area contributed by atoms with Gasteiger partial charge in [0.2, 0.25) is 0 Å². The molecule has 192 valence electrons. The highest BCUT2D eigenvalue weighted by Crippen LogP contribution is 2.28. The van der Waals surface area contributed by atoms with Crippen LogP contribution >= 0.6 is 11.3 Å². The zero-order valence-electron chi connectivity index (χ0n) is 20.5. The Bertz CT molecular complexity index is 1520. The summed E-state index contributed by atoms with van der Waals surface area (Å²) in [7, 11) is 1.46. The number of urea groups is 1. The van der Waals surface area contributed by atoms with Gasteiger partial charge in [-0.2, -0.15) is 0 Å². The van der Waals surface area contributed by atoms with E-state index in [9.17, 15) is 14.4 Å². The first-order valence-electron chi connectivity index (χ1n) is 12.0. The van der Waals surface area contributed by atoms with Crippen LogP contribution in [0.2, 0.25) is 0 Å². The molecule has 1 aliphatic heterocycles. The Morgan fingerprint density at radius 2 is 1.97 bits per heavy atom. The Kier molecular flexibility index (Phi) is 7.06. The Hall–Kier alpha value is -3.96. The Balaban J connectivity index is 1.20. The number of likely N-dealkylation sites (tertiary alicyclic amines) is 1. The van der Waals surface area contributed by atoms with Crippen molar-refractivity contribution in [1.29, 1.82) is 0 Å². The normalized spacial score (nSPS) is 14.5. The lowest BCUT2D eigenvalue weighted by Gasteiger charge is -2.30. The number of rotatable bonds is 5. The van der Waals surface area contributed by atoms with Gasteiger partial charge in [0.1, 0.15) is 5.56 Å². The molecule has 2 aromatic heterocycles. The number of hydrogen-bond acceptors (Lipinski definition) is 8. The lowest BCUT2D eigenvalue weighted by Crippen LogP contribution is -2.45. The first-order valence-corrected chi connectivity index (χ1v) is 12.8. The van der Waals surface area contributed by atoms with Crippen molar-refractivity contribution in [2.24, 2.45) is 5.92 Å². The summed E-state index contributed by atoms with van der Waals surface area (Å²) in [5.41, 5.74) is 5.60. The van der Waals surface area contributed by atoms with Gasteiger partial charge in [0.05, 0.1) is 17.3 Å². The van der Waals surface area contributed by atoms with Crippen LogP contribution in [-0.2, 0) is 6.54 Å². The number of carbonyl (C=O) groups excluding carboxylic acids is 2. The van der Waals surface area contributed by atoms with E-state index in [-0.39, 0.29) is 11.1 Å². The molecule has 3 N–H and O–H groups in total. The molecule has 0 unspecified atom stereocenters. The summed E-state index contributed by atoms with van der Waals surface area (Å²) in [6.07, 6.45) is 2.45. The molecule has 0 bridgehead atoms. The minimum absolute atomic E-state index is 0.238. The molecular formula is C26H27N5O5S. The standard InChI is InChI=1S/C26H27N5O5S/c1-15-8-10-31(11-9-15)14-16-6-7-19-21(12-16)37-26(27-19)28-25(34)30-29-23(32)18-13-17-4-3-5-20(35-2)22(17)36-24(18)33/h3-7,12-13,15H,8-11,14H2,1-2H3,(H,29,32)(H2,27,28,30,34). The SMILES string of the molecule is COc1cccc2cc(C(=O)NNC(=O)Nc3nc4ccc(CN5CCC(C)CC5)cc4s3)c(=O)oc12. The van der Waals surface area contributed by atoms with Gasteiger partial charge in [0.25, 0.3) is 5.91 Å². The van der Waals surface area contributed by atoms with Crippen molar-refractivity contribution >= 4 is 49.6 Å². The van der Waals surface area contributed by atoms with E-state index >= 15 is 0 Å². The maximum absolute atomic E-state index is 12.5. The number of carbonyl (C=O) groups is 2. The number of nitrogens with one attached hydrogen (secondary N) is 3. The molecule has 1 fully saturated rings. The molecule has 0 aliphatic carbocycles. The van der Waals surface area contributed by atoms with Crippen molar-refractivity contribution in [1.82, 2.24) is 20.7 Å². The number of hydrazine groups is 1. The molecule has 4 aromatic rings. The summed E-state index contributed by atoms with van der Waals surface area (Å²) >= 11 is 1.35. The largest absolute Gasteiger partial charge is 0.493 e. The van der Waals surface area contributed by atoms with Crippen molar-refractivity contribution in [3.8, 4) is 5.75 Å². The van der Waals surface area contributed by atoms with Gasteiger partial charge in [0, 0.05) is 11.9 Å². The van der Waals surface area contributed by atoms with Crippen LogP contribution in [0.25, 0.3) is 21.2 Å². The molecule has 0 spiro atoms. The molecule has 1 aliphatic rings. The Labute approximate surface area is 216 Å². The quantitative estimate of drug-likeness (QED) is 0.267. The third kappa shape index (κ3) is 5.57. The molecule has 0 atom stereocenters. The molecule has 0 radical (unpaired) electrons. The number of ether oxygens (including phenoxy) is 1. The minimum atomic E-state index is -0.849. The first kappa shape index (κ1) is 24.7. The summed E-state index contributed by atoms with van der Waals surface area (Å²) in [5.74, 6) is 0.358. The number of anilines is 1. The summed E-state index contributed by atoms with van der Waals surface area (Å²) in [6.45, 7) is 5.41. The highest BCUT2D eigenvalue weighted by atomic mass is 32.1. The molecule has 5 rings (SSSR count). The van der Waals surface area contributed by atoms with Crippen LogP contribution in [-0.4, -0.2) is 42.0 Å². The summed E-state index contributed by atoms with van der Waals surface area (Å²) < 4.78 is 11.4. The molecular weight excluding hydrogens is 494 g/mol. The second-order valence-corrected chi connectivity index (χ2v) is 10.2. The van der Waals surface area contributed by atoms with Gasteiger partial charge < -0.3 is 9.15 Å². The van der Waals surface area contributed by atoms with Gasteiger partial charge in [-0.05, 0) is 61.7 Å². The van der Waals surface area contributed by atoms with Crippen molar-refractivity contribution in [3.05, 3.63) is 64.0 Å². The van der Waals surface area contributed by atoms with Gasteiger partial charge in [-0.25, -0.2) is 20.0 Å². The van der Waals surface area contributed by atoms with E-state index in [1.807, 2.05) is 6.07 Å². The smallest absolute Gasteiger partial charge is 0.349 e. The number of methoxy groups -OCH3 is 1.